The number of nitrogens with zero attached hydrogens (tertiary/aromatic N) is 3. The molecule has 0 aromatic carbocycles. The molecule has 0 fully saturated rings. The smallest absolute Gasteiger partial charge is 0.366 e. The largest absolute Gasteiger partial charge is 0.474 e. The van der Waals surface area contributed by atoms with Gasteiger partial charge in [-0.3, -0.25) is 9.69 Å². The summed E-state index contributed by atoms with van der Waals surface area (Å²) in [6, 6.07) is 1.60. The first-order chi connectivity index (χ1) is 11.8. The molecule has 1 aromatic rings. The first kappa shape index (κ1) is 18.6. The van der Waals surface area contributed by atoms with Crippen molar-refractivity contribution in [3.05, 3.63) is 22.2 Å². The van der Waals surface area contributed by atoms with E-state index < -0.39 is 34.8 Å². The fourth-order valence-electron chi connectivity index (χ4n) is 2.36. The predicted molar refractivity (Wildman–Crippen MR) is 88.3 cm³/mol. The van der Waals surface area contributed by atoms with E-state index in [1.54, 1.807) is 6.92 Å². The summed E-state index contributed by atoms with van der Waals surface area (Å²) in [6.07, 6.45) is -0.393. The molecule has 136 valence electrons. The van der Waals surface area contributed by atoms with Crippen LogP contribution in [0, 0.1) is 16.0 Å². The first-order valence-corrected chi connectivity index (χ1v) is 8.08. The molecule has 0 aliphatic carbocycles. The van der Waals surface area contributed by atoms with Crippen LogP contribution in [-0.4, -0.2) is 40.5 Å². The second-order valence-electron chi connectivity index (χ2n) is 6.17. The summed E-state index contributed by atoms with van der Waals surface area (Å²) in [6.45, 7) is 7.28. The monoisotopic (exact) mass is 351 g/mol. The van der Waals surface area contributed by atoms with E-state index in [1.807, 2.05) is 13.8 Å². The minimum Gasteiger partial charge on any atom is -0.474 e. The number of esters is 1. The molecule has 9 heteroatoms. The highest BCUT2D eigenvalue weighted by Crippen LogP contribution is 2.36. The third-order valence-corrected chi connectivity index (χ3v) is 3.68. The molecular formula is C16H21N3O6. The minimum absolute atomic E-state index is 0.0436. The second-order valence-corrected chi connectivity index (χ2v) is 6.17. The van der Waals surface area contributed by atoms with Crippen molar-refractivity contribution < 1.29 is 24.0 Å². The zero-order valence-corrected chi connectivity index (χ0v) is 14.6. The number of rotatable bonds is 6. The average molecular weight is 351 g/mol. The van der Waals surface area contributed by atoms with Crippen LogP contribution in [0.15, 0.2) is 12.1 Å². The van der Waals surface area contributed by atoms with Crippen LogP contribution in [0.5, 0.6) is 5.75 Å². The number of carbonyl (C=O) groups is 2. The molecule has 0 radical (unpaired) electrons. The quantitative estimate of drug-likeness (QED) is 0.438. The zero-order chi connectivity index (χ0) is 18.7. The Labute approximate surface area is 145 Å². The van der Waals surface area contributed by atoms with Crippen LogP contribution in [0.4, 0.5) is 11.6 Å². The Morgan fingerprint density at radius 2 is 2.12 bits per heavy atom. The van der Waals surface area contributed by atoms with E-state index in [0.717, 1.165) is 4.90 Å². The molecule has 25 heavy (non-hydrogen) atoms. The van der Waals surface area contributed by atoms with Gasteiger partial charge in [0.15, 0.2) is 11.9 Å². The number of hydrogen-bond donors (Lipinski definition) is 0. The van der Waals surface area contributed by atoms with Crippen molar-refractivity contribution >= 4 is 23.5 Å². The molecular weight excluding hydrogens is 330 g/mol. The van der Waals surface area contributed by atoms with E-state index in [2.05, 4.69) is 4.98 Å². The molecule has 1 aliphatic rings. The van der Waals surface area contributed by atoms with Gasteiger partial charge in [-0.15, -0.1) is 0 Å². The van der Waals surface area contributed by atoms with Crippen LogP contribution in [0.25, 0.3) is 0 Å². The number of ether oxygens (including phenoxy) is 2. The van der Waals surface area contributed by atoms with Gasteiger partial charge in [0.2, 0.25) is 0 Å². The van der Waals surface area contributed by atoms with Gasteiger partial charge >= 0.3 is 11.8 Å². The Kier molecular flexibility index (Phi) is 5.55. The number of aromatic nitrogens is 1. The van der Waals surface area contributed by atoms with Crippen LogP contribution < -0.4 is 9.64 Å². The maximum absolute atomic E-state index is 12.7. The lowest BCUT2D eigenvalue weighted by Crippen LogP contribution is -2.53. The number of amides is 1. The first-order valence-electron chi connectivity index (χ1n) is 8.08. The second kappa shape index (κ2) is 7.45. The lowest BCUT2D eigenvalue weighted by molar-refractivity contribution is -0.389. The van der Waals surface area contributed by atoms with Gasteiger partial charge in [0.05, 0.1) is 6.61 Å². The number of anilines is 1. The molecule has 2 rings (SSSR count). The van der Waals surface area contributed by atoms with Gasteiger partial charge in [-0.05, 0) is 35.2 Å². The van der Waals surface area contributed by atoms with Crippen LogP contribution >= 0.6 is 0 Å². The van der Waals surface area contributed by atoms with Gasteiger partial charge in [0.1, 0.15) is 6.04 Å². The standard InChI is InChI=1S/C16H21N3O6/c1-5-11-15(20)18(10(4)16(21)24-8-9(2)3)14-12(25-11)6-7-13(17-14)19(22)23/h6-7,9-11H,5,8H2,1-4H3. The van der Waals surface area contributed by atoms with E-state index in [9.17, 15) is 19.7 Å². The summed E-state index contributed by atoms with van der Waals surface area (Å²) in [7, 11) is 0. The van der Waals surface area contributed by atoms with Crippen LogP contribution in [-0.2, 0) is 14.3 Å². The van der Waals surface area contributed by atoms with Gasteiger partial charge in [-0.25, -0.2) is 4.79 Å². The molecule has 0 bridgehead atoms. The van der Waals surface area contributed by atoms with E-state index in [-0.39, 0.29) is 24.1 Å². The maximum Gasteiger partial charge on any atom is 0.366 e. The van der Waals surface area contributed by atoms with Crippen molar-refractivity contribution in [3.63, 3.8) is 0 Å². The Balaban J connectivity index is 2.40. The van der Waals surface area contributed by atoms with Crippen molar-refractivity contribution in [2.75, 3.05) is 11.5 Å². The van der Waals surface area contributed by atoms with Crippen molar-refractivity contribution in [1.29, 1.82) is 0 Å². The Hall–Kier alpha value is -2.71. The van der Waals surface area contributed by atoms with Crippen molar-refractivity contribution in [2.24, 2.45) is 5.92 Å². The molecule has 9 nitrogen and oxygen atoms in total. The molecule has 2 unspecified atom stereocenters. The predicted octanol–water partition coefficient (Wildman–Crippen LogP) is 2.08. The Morgan fingerprint density at radius 3 is 2.68 bits per heavy atom. The summed E-state index contributed by atoms with van der Waals surface area (Å²) in [5, 5.41) is 11.0. The molecule has 1 aliphatic heterocycles. The summed E-state index contributed by atoms with van der Waals surface area (Å²) in [5.74, 6) is -1.18. The summed E-state index contributed by atoms with van der Waals surface area (Å²) < 4.78 is 10.8. The highest BCUT2D eigenvalue weighted by atomic mass is 16.6. The summed E-state index contributed by atoms with van der Waals surface area (Å²) >= 11 is 0. The number of nitro groups is 1. The van der Waals surface area contributed by atoms with Crippen LogP contribution in [0.1, 0.15) is 34.1 Å². The third-order valence-electron chi connectivity index (χ3n) is 3.68. The number of pyridine rings is 1. The van der Waals surface area contributed by atoms with Gasteiger partial charge in [-0.2, -0.15) is 0 Å². The van der Waals surface area contributed by atoms with Gasteiger partial charge < -0.3 is 19.6 Å². The SMILES string of the molecule is CCC1Oc2ccc([N+](=O)[O-])nc2N(C(C)C(=O)OCC(C)C)C1=O. The molecule has 1 amide bonds. The summed E-state index contributed by atoms with van der Waals surface area (Å²) in [4.78, 5) is 40.3. The van der Waals surface area contributed by atoms with Crippen molar-refractivity contribution in [2.45, 2.75) is 46.3 Å². The molecule has 1 aromatic heterocycles. The lowest BCUT2D eigenvalue weighted by Gasteiger charge is -2.33. The van der Waals surface area contributed by atoms with E-state index >= 15 is 0 Å². The van der Waals surface area contributed by atoms with E-state index in [4.69, 9.17) is 9.47 Å². The Bertz CT molecular complexity index is 690. The van der Waals surface area contributed by atoms with Gasteiger partial charge in [0, 0.05) is 6.07 Å². The van der Waals surface area contributed by atoms with Gasteiger partial charge in [0.25, 0.3) is 11.7 Å². The highest BCUT2D eigenvalue weighted by Gasteiger charge is 2.43. The molecule has 0 saturated heterocycles. The minimum atomic E-state index is -0.975. The number of fused-ring (bicyclic) bond motifs is 1. The fraction of sp³-hybridized carbons (Fsp3) is 0.562. The van der Waals surface area contributed by atoms with Crippen molar-refractivity contribution in [3.8, 4) is 5.75 Å². The van der Waals surface area contributed by atoms with E-state index in [1.165, 1.54) is 19.1 Å². The van der Waals surface area contributed by atoms with Crippen LogP contribution in [0.3, 0.4) is 0 Å². The summed E-state index contributed by atoms with van der Waals surface area (Å²) in [5.41, 5.74) is 0. The zero-order valence-electron chi connectivity index (χ0n) is 14.6. The molecule has 0 N–H and O–H groups in total. The fourth-order valence-corrected chi connectivity index (χ4v) is 2.36. The molecule has 2 atom stereocenters. The maximum atomic E-state index is 12.7. The lowest BCUT2D eigenvalue weighted by atomic mass is 10.1. The normalized spacial score (nSPS) is 17.7. The average Bonchev–Trinajstić information content (AvgIpc) is 2.57. The van der Waals surface area contributed by atoms with Gasteiger partial charge in [-0.1, -0.05) is 20.8 Å². The third kappa shape index (κ3) is 3.86. The number of carbonyl (C=O) groups excluding carboxylic acids is 2. The van der Waals surface area contributed by atoms with Crippen molar-refractivity contribution in [1.82, 2.24) is 4.98 Å². The van der Waals surface area contributed by atoms with Crippen LogP contribution in [0.2, 0.25) is 0 Å². The van der Waals surface area contributed by atoms with E-state index in [0.29, 0.717) is 6.42 Å². The molecule has 2 heterocycles. The topological polar surface area (TPSA) is 112 Å². The Morgan fingerprint density at radius 1 is 1.44 bits per heavy atom. The molecule has 0 spiro atoms. The highest BCUT2D eigenvalue weighted by molar-refractivity contribution is 6.03. The number of hydrogen-bond acceptors (Lipinski definition) is 7. The molecule has 0 saturated carbocycles.